The second-order valence-corrected chi connectivity index (χ2v) is 4.23. The first kappa shape index (κ1) is 12.1. The minimum Gasteiger partial charge on any atom is -0.320 e. The molecule has 2 rings (SSSR count). The summed E-state index contributed by atoms with van der Waals surface area (Å²) in [4.78, 5) is 11.7. The third-order valence-electron chi connectivity index (χ3n) is 2.87. The van der Waals surface area contributed by atoms with Gasteiger partial charge in [0.25, 0.3) is 0 Å². The Labute approximate surface area is 101 Å². The molecule has 3 N–H and O–H groups in total. The van der Waals surface area contributed by atoms with Crippen LogP contribution in [0.5, 0.6) is 0 Å². The van der Waals surface area contributed by atoms with Crippen LogP contribution in [0.2, 0.25) is 0 Å². The summed E-state index contributed by atoms with van der Waals surface area (Å²) in [6.07, 6.45) is 3.11. The average molecular weight is 237 g/mol. The van der Waals surface area contributed by atoms with E-state index in [1.54, 1.807) is 6.20 Å². The molecule has 1 fully saturated rings. The lowest BCUT2D eigenvalue weighted by molar-refractivity contribution is -0.116. The molecule has 0 radical (unpaired) electrons. The van der Waals surface area contributed by atoms with E-state index in [1.165, 1.54) is 0 Å². The molecule has 1 aliphatic heterocycles. The number of aromatic nitrogens is 2. The van der Waals surface area contributed by atoms with Gasteiger partial charge in [0.1, 0.15) is 5.82 Å². The van der Waals surface area contributed by atoms with Crippen LogP contribution in [0.15, 0.2) is 12.3 Å². The molecule has 0 unspecified atom stereocenters. The highest BCUT2D eigenvalue weighted by molar-refractivity contribution is 5.89. The molecule has 1 amide bonds. The fourth-order valence-electron chi connectivity index (χ4n) is 1.78. The number of anilines is 1. The number of nitrogens with one attached hydrogen (secondary N) is 3. The number of amides is 1. The monoisotopic (exact) mass is 237 g/mol. The largest absolute Gasteiger partial charge is 0.320 e. The summed E-state index contributed by atoms with van der Waals surface area (Å²) in [5, 5.41) is 13.4. The molecular formula is C11H19N5O. The predicted molar refractivity (Wildman–Crippen MR) is 65.9 cm³/mol. The van der Waals surface area contributed by atoms with Crippen molar-refractivity contribution < 1.29 is 4.79 Å². The van der Waals surface area contributed by atoms with Crippen molar-refractivity contribution in [3.05, 3.63) is 12.3 Å². The Bertz CT molecular complexity index is 372. The van der Waals surface area contributed by atoms with Crippen LogP contribution in [-0.4, -0.2) is 42.4 Å². The van der Waals surface area contributed by atoms with E-state index in [0.29, 0.717) is 12.5 Å². The number of hydrogen-bond acceptors (Lipinski definition) is 4. The first-order valence-electron chi connectivity index (χ1n) is 6.00. The van der Waals surface area contributed by atoms with Gasteiger partial charge in [0.2, 0.25) is 5.91 Å². The van der Waals surface area contributed by atoms with E-state index in [2.05, 4.69) is 21.0 Å². The quantitative estimate of drug-likeness (QED) is 0.607. The molecule has 0 bridgehead atoms. The summed E-state index contributed by atoms with van der Waals surface area (Å²) < 4.78 is 1.88. The van der Waals surface area contributed by atoms with E-state index in [9.17, 15) is 4.79 Å². The molecule has 0 spiro atoms. The summed E-state index contributed by atoms with van der Waals surface area (Å²) in [6, 6.07) is 2.21. The Kier molecular flexibility index (Phi) is 4.11. The van der Waals surface area contributed by atoms with E-state index >= 15 is 0 Å². The Hall–Kier alpha value is -1.40. The van der Waals surface area contributed by atoms with Gasteiger partial charge in [0.15, 0.2) is 0 Å². The van der Waals surface area contributed by atoms with Crippen molar-refractivity contribution in [2.24, 2.45) is 0 Å². The molecule has 0 aromatic carbocycles. The third kappa shape index (κ3) is 3.04. The van der Waals surface area contributed by atoms with Crippen LogP contribution in [-0.2, 0) is 4.79 Å². The summed E-state index contributed by atoms with van der Waals surface area (Å²) in [5.74, 6) is 0.847. The van der Waals surface area contributed by atoms with E-state index in [1.807, 2.05) is 17.8 Å². The van der Waals surface area contributed by atoms with Gasteiger partial charge in [-0.3, -0.25) is 4.79 Å². The zero-order chi connectivity index (χ0) is 12.1. The molecule has 17 heavy (non-hydrogen) atoms. The lowest BCUT2D eigenvalue weighted by Gasteiger charge is -2.28. The second kappa shape index (κ2) is 5.79. The van der Waals surface area contributed by atoms with Gasteiger partial charge < -0.3 is 16.0 Å². The minimum atomic E-state index is 0.0503. The lowest BCUT2D eigenvalue weighted by atomic mass is 10.2. The highest BCUT2D eigenvalue weighted by Crippen LogP contribution is 2.17. The highest BCUT2D eigenvalue weighted by atomic mass is 16.1. The van der Waals surface area contributed by atoms with Crippen LogP contribution in [0.25, 0.3) is 0 Å². The van der Waals surface area contributed by atoms with E-state index in [0.717, 1.165) is 31.9 Å². The van der Waals surface area contributed by atoms with E-state index in [-0.39, 0.29) is 5.91 Å². The number of carbonyl (C=O) groups excluding carboxylic acids is 1. The van der Waals surface area contributed by atoms with Gasteiger partial charge in [-0.25, -0.2) is 4.68 Å². The van der Waals surface area contributed by atoms with Gasteiger partial charge in [0.05, 0.1) is 12.2 Å². The summed E-state index contributed by atoms with van der Waals surface area (Å²) in [5.41, 5.74) is 0. The maximum Gasteiger partial charge on any atom is 0.225 e. The van der Waals surface area contributed by atoms with E-state index in [4.69, 9.17) is 0 Å². The Morgan fingerprint density at radius 2 is 2.47 bits per heavy atom. The van der Waals surface area contributed by atoms with Gasteiger partial charge in [-0.05, 0) is 20.0 Å². The lowest BCUT2D eigenvalue weighted by Crippen LogP contribution is -2.44. The summed E-state index contributed by atoms with van der Waals surface area (Å²) in [6.45, 7) is 2.70. The number of carbonyl (C=O) groups is 1. The number of nitrogens with zero attached hydrogens (tertiary/aromatic N) is 2. The molecule has 1 aromatic heterocycles. The number of hydrogen-bond donors (Lipinski definition) is 3. The molecule has 6 heteroatoms. The van der Waals surface area contributed by atoms with Gasteiger partial charge in [-0.1, -0.05) is 0 Å². The highest BCUT2D eigenvalue weighted by Gasteiger charge is 2.21. The maximum absolute atomic E-state index is 11.7. The average Bonchev–Trinajstić information content (AvgIpc) is 2.64. The topological polar surface area (TPSA) is 71.0 Å². The molecule has 0 atom stereocenters. The standard InChI is InChI=1S/C11H19N5O/c1-12-5-2-3-11(17)15-10-4-6-14-16(10)9-7-13-8-9/h4,6,9,12-13H,2-3,5,7-8H2,1H3,(H,15,17). The zero-order valence-electron chi connectivity index (χ0n) is 10.1. The Morgan fingerprint density at radius 1 is 1.65 bits per heavy atom. The van der Waals surface area contributed by atoms with Crippen molar-refractivity contribution in [1.29, 1.82) is 0 Å². The molecule has 6 nitrogen and oxygen atoms in total. The van der Waals surface area contributed by atoms with Crippen LogP contribution >= 0.6 is 0 Å². The smallest absolute Gasteiger partial charge is 0.225 e. The van der Waals surface area contributed by atoms with Crippen molar-refractivity contribution in [1.82, 2.24) is 20.4 Å². The summed E-state index contributed by atoms with van der Waals surface area (Å²) >= 11 is 0. The van der Waals surface area contributed by atoms with Gasteiger partial charge in [0, 0.05) is 25.6 Å². The molecular weight excluding hydrogens is 218 g/mol. The van der Waals surface area contributed by atoms with Crippen molar-refractivity contribution >= 4 is 11.7 Å². The fraction of sp³-hybridized carbons (Fsp3) is 0.636. The minimum absolute atomic E-state index is 0.0503. The van der Waals surface area contributed by atoms with Crippen molar-refractivity contribution in [2.45, 2.75) is 18.9 Å². The molecule has 0 saturated carbocycles. The van der Waals surface area contributed by atoms with Crippen LogP contribution in [0.4, 0.5) is 5.82 Å². The molecule has 2 heterocycles. The summed E-state index contributed by atoms with van der Waals surface area (Å²) in [7, 11) is 1.89. The predicted octanol–water partition coefficient (Wildman–Crippen LogP) is -0.0345. The van der Waals surface area contributed by atoms with Gasteiger partial charge in [-0.15, -0.1) is 0 Å². The first-order valence-corrected chi connectivity index (χ1v) is 6.00. The maximum atomic E-state index is 11.7. The van der Waals surface area contributed by atoms with Crippen LogP contribution in [0, 0.1) is 0 Å². The van der Waals surface area contributed by atoms with Gasteiger partial charge in [-0.2, -0.15) is 5.10 Å². The van der Waals surface area contributed by atoms with E-state index < -0.39 is 0 Å². The Balaban J connectivity index is 1.85. The Morgan fingerprint density at radius 3 is 3.12 bits per heavy atom. The molecule has 1 aromatic rings. The molecule has 0 aliphatic carbocycles. The third-order valence-corrected chi connectivity index (χ3v) is 2.87. The van der Waals surface area contributed by atoms with Crippen LogP contribution in [0.3, 0.4) is 0 Å². The second-order valence-electron chi connectivity index (χ2n) is 4.23. The van der Waals surface area contributed by atoms with Gasteiger partial charge >= 0.3 is 0 Å². The zero-order valence-corrected chi connectivity index (χ0v) is 10.1. The normalized spacial score (nSPS) is 15.6. The molecule has 1 saturated heterocycles. The molecule has 1 aliphatic rings. The SMILES string of the molecule is CNCCCC(=O)Nc1ccnn1C1CNC1. The van der Waals surface area contributed by atoms with Crippen molar-refractivity contribution in [2.75, 3.05) is 32.0 Å². The van der Waals surface area contributed by atoms with Crippen molar-refractivity contribution in [3.63, 3.8) is 0 Å². The fourth-order valence-corrected chi connectivity index (χ4v) is 1.78. The number of rotatable bonds is 6. The first-order chi connectivity index (χ1) is 8.31. The van der Waals surface area contributed by atoms with Crippen LogP contribution < -0.4 is 16.0 Å². The van der Waals surface area contributed by atoms with Crippen LogP contribution in [0.1, 0.15) is 18.9 Å². The molecule has 94 valence electrons. The van der Waals surface area contributed by atoms with Crippen molar-refractivity contribution in [3.8, 4) is 0 Å².